The molecule has 6 nitrogen and oxygen atoms in total. The van der Waals surface area contributed by atoms with Gasteiger partial charge in [0.1, 0.15) is 11.0 Å². The summed E-state index contributed by atoms with van der Waals surface area (Å²) in [6.07, 6.45) is 11.6. The van der Waals surface area contributed by atoms with E-state index in [9.17, 15) is 9.35 Å². The standard InChI is InChI=1S/C22H32N4O2S/c1-3-18(6-5-13-29(28)21-8-11-25(4-2)12-9-21)14-24-22(27)26-16-19-7-10-23-15-20(19)17-26/h3,5-7,10,15,21H,4,8-9,11-14,16-17H2,1-2H3,(H,24,27)/b6-5-,18-3+. The van der Waals surface area contributed by atoms with Crippen molar-refractivity contribution in [2.24, 2.45) is 0 Å². The summed E-state index contributed by atoms with van der Waals surface area (Å²) in [5, 5.41) is 3.30. The Morgan fingerprint density at radius 2 is 2.10 bits per heavy atom. The molecule has 29 heavy (non-hydrogen) atoms. The molecule has 2 aliphatic heterocycles. The van der Waals surface area contributed by atoms with Crippen LogP contribution in [0.25, 0.3) is 0 Å². The Hall–Kier alpha value is -1.83. The second-order valence-electron chi connectivity index (χ2n) is 7.61. The number of amides is 2. The number of piperidine rings is 1. The van der Waals surface area contributed by atoms with Crippen LogP contribution in [0, 0.1) is 0 Å². The van der Waals surface area contributed by atoms with Crippen LogP contribution in [0.4, 0.5) is 4.79 Å². The van der Waals surface area contributed by atoms with Crippen LogP contribution < -0.4 is 5.32 Å². The van der Waals surface area contributed by atoms with Gasteiger partial charge >= 0.3 is 6.03 Å². The highest BCUT2D eigenvalue weighted by Crippen LogP contribution is 2.21. The zero-order valence-electron chi connectivity index (χ0n) is 17.5. The van der Waals surface area contributed by atoms with Crippen LogP contribution >= 0.6 is 0 Å². The summed E-state index contributed by atoms with van der Waals surface area (Å²) in [5.74, 6) is 0.580. The van der Waals surface area contributed by atoms with E-state index in [1.54, 1.807) is 11.1 Å². The SMILES string of the molecule is C/C=C(\C=C/C[S+]([O-])C1CCN(CC)CC1)CNC(=O)N1Cc2ccncc2C1. The number of hydrogen-bond donors (Lipinski definition) is 1. The normalized spacial score (nSPS) is 19.6. The van der Waals surface area contributed by atoms with Crippen LogP contribution in [0.5, 0.6) is 0 Å². The largest absolute Gasteiger partial charge is 0.616 e. The number of likely N-dealkylation sites (tertiary alicyclic amines) is 1. The third-order valence-corrected chi connectivity index (χ3v) is 7.51. The van der Waals surface area contributed by atoms with Crippen molar-refractivity contribution in [1.29, 1.82) is 0 Å². The van der Waals surface area contributed by atoms with E-state index in [2.05, 4.69) is 22.1 Å². The lowest BCUT2D eigenvalue weighted by molar-refractivity contribution is 0.199. The lowest BCUT2D eigenvalue weighted by Crippen LogP contribution is -2.39. The van der Waals surface area contributed by atoms with E-state index in [1.807, 2.05) is 37.4 Å². The average molecular weight is 417 g/mol. The summed E-state index contributed by atoms with van der Waals surface area (Å²) in [4.78, 5) is 20.8. The number of carbonyl (C=O) groups is 1. The van der Waals surface area contributed by atoms with Crippen molar-refractivity contribution in [3.05, 3.63) is 53.4 Å². The third kappa shape index (κ3) is 6.07. The number of carbonyl (C=O) groups excluding carboxylic acids is 1. The molecule has 0 saturated carbocycles. The first-order valence-electron chi connectivity index (χ1n) is 10.5. The average Bonchev–Trinajstić information content (AvgIpc) is 3.20. The Bertz CT molecular complexity index is 719. The maximum absolute atomic E-state index is 12.6. The fraction of sp³-hybridized carbons (Fsp3) is 0.545. The van der Waals surface area contributed by atoms with Gasteiger partial charge in [0.15, 0.2) is 0 Å². The molecule has 0 radical (unpaired) electrons. The van der Waals surface area contributed by atoms with E-state index in [4.69, 9.17) is 0 Å². The summed E-state index contributed by atoms with van der Waals surface area (Å²) < 4.78 is 12.6. The molecule has 1 atom stereocenters. The number of fused-ring (bicyclic) bond motifs is 1. The molecule has 3 heterocycles. The predicted molar refractivity (Wildman–Crippen MR) is 118 cm³/mol. The predicted octanol–water partition coefficient (Wildman–Crippen LogP) is 2.84. The number of aromatic nitrogens is 1. The molecule has 0 spiro atoms. The fourth-order valence-corrected chi connectivity index (χ4v) is 5.12. The topological polar surface area (TPSA) is 71.5 Å². The van der Waals surface area contributed by atoms with Gasteiger partial charge in [-0.3, -0.25) is 4.98 Å². The molecular formula is C22H32N4O2S. The number of rotatable bonds is 7. The van der Waals surface area contributed by atoms with Crippen molar-refractivity contribution in [3.63, 3.8) is 0 Å². The van der Waals surface area contributed by atoms with E-state index in [-0.39, 0.29) is 6.03 Å². The zero-order chi connectivity index (χ0) is 20.6. The van der Waals surface area contributed by atoms with Gasteiger partial charge in [-0.25, -0.2) is 4.79 Å². The van der Waals surface area contributed by atoms with Crippen molar-refractivity contribution in [2.45, 2.75) is 45.0 Å². The summed E-state index contributed by atoms with van der Waals surface area (Å²) in [6, 6.07) is 1.90. The second kappa shape index (κ2) is 10.8. The first kappa shape index (κ1) is 21.9. The van der Waals surface area contributed by atoms with Gasteiger partial charge in [0, 0.05) is 58.0 Å². The van der Waals surface area contributed by atoms with Crippen LogP contribution in [-0.2, 0) is 24.3 Å². The van der Waals surface area contributed by atoms with Crippen LogP contribution in [0.1, 0.15) is 37.8 Å². The van der Waals surface area contributed by atoms with Crippen LogP contribution in [0.15, 0.2) is 42.3 Å². The Kier molecular flexibility index (Phi) is 8.15. The second-order valence-corrected chi connectivity index (χ2v) is 9.37. The minimum atomic E-state index is -0.821. The van der Waals surface area contributed by atoms with E-state index >= 15 is 0 Å². The van der Waals surface area contributed by atoms with E-state index in [0.29, 0.717) is 30.6 Å². The molecule has 0 bridgehead atoms. The lowest BCUT2D eigenvalue weighted by Gasteiger charge is -2.31. The van der Waals surface area contributed by atoms with Crippen molar-refractivity contribution in [3.8, 4) is 0 Å². The molecule has 1 N–H and O–H groups in total. The molecule has 2 amide bonds. The van der Waals surface area contributed by atoms with Crippen LogP contribution in [0.2, 0.25) is 0 Å². The van der Waals surface area contributed by atoms with Crippen LogP contribution in [0.3, 0.4) is 0 Å². The van der Waals surface area contributed by atoms with Gasteiger partial charge in [-0.1, -0.05) is 19.1 Å². The molecule has 3 rings (SSSR count). The van der Waals surface area contributed by atoms with Crippen molar-refractivity contribution in [2.75, 3.05) is 31.9 Å². The molecule has 1 saturated heterocycles. The van der Waals surface area contributed by atoms with Crippen molar-refractivity contribution in [1.82, 2.24) is 20.1 Å². The van der Waals surface area contributed by atoms with Gasteiger partial charge in [0.2, 0.25) is 0 Å². The van der Waals surface area contributed by atoms with Gasteiger partial charge in [0.05, 0.1) is 0 Å². The Morgan fingerprint density at radius 1 is 1.34 bits per heavy atom. The minimum Gasteiger partial charge on any atom is -0.616 e. The molecule has 0 aromatic carbocycles. The summed E-state index contributed by atoms with van der Waals surface area (Å²) >= 11 is -0.821. The smallest absolute Gasteiger partial charge is 0.318 e. The maximum Gasteiger partial charge on any atom is 0.318 e. The van der Waals surface area contributed by atoms with Gasteiger partial charge in [-0.15, -0.1) is 0 Å². The first-order chi connectivity index (χ1) is 14.1. The van der Waals surface area contributed by atoms with Crippen LogP contribution in [-0.4, -0.2) is 62.5 Å². The third-order valence-electron chi connectivity index (χ3n) is 5.77. The monoisotopic (exact) mass is 416 g/mol. The summed E-state index contributed by atoms with van der Waals surface area (Å²) in [7, 11) is 0. The highest BCUT2D eigenvalue weighted by atomic mass is 32.2. The molecule has 7 heteroatoms. The summed E-state index contributed by atoms with van der Waals surface area (Å²) in [5.41, 5.74) is 3.30. The van der Waals surface area contributed by atoms with E-state index in [0.717, 1.165) is 49.2 Å². The molecule has 1 aromatic heterocycles. The van der Waals surface area contributed by atoms with Crippen molar-refractivity contribution >= 4 is 17.2 Å². The Labute approximate surface area is 177 Å². The van der Waals surface area contributed by atoms with Gasteiger partial charge in [-0.2, -0.15) is 0 Å². The highest BCUT2D eigenvalue weighted by Gasteiger charge is 2.26. The molecule has 1 unspecified atom stereocenters. The lowest BCUT2D eigenvalue weighted by atomic mass is 10.1. The molecular weight excluding hydrogens is 384 g/mol. The van der Waals surface area contributed by atoms with Gasteiger partial charge in [0.25, 0.3) is 0 Å². The van der Waals surface area contributed by atoms with Gasteiger partial charge in [-0.05, 0) is 53.5 Å². The Balaban J connectivity index is 1.40. The summed E-state index contributed by atoms with van der Waals surface area (Å²) in [6.45, 7) is 9.02. The molecule has 0 aliphatic carbocycles. The molecule has 158 valence electrons. The van der Waals surface area contributed by atoms with E-state index in [1.165, 1.54) is 0 Å². The molecule has 2 aliphatic rings. The first-order valence-corrected chi connectivity index (χ1v) is 11.8. The highest BCUT2D eigenvalue weighted by molar-refractivity contribution is 7.92. The quantitative estimate of drug-likeness (QED) is 0.548. The number of urea groups is 1. The fourth-order valence-electron chi connectivity index (χ4n) is 3.83. The number of allylic oxidation sites excluding steroid dienone is 1. The maximum atomic E-state index is 12.6. The zero-order valence-corrected chi connectivity index (χ0v) is 18.3. The van der Waals surface area contributed by atoms with E-state index < -0.39 is 11.2 Å². The molecule has 1 fully saturated rings. The minimum absolute atomic E-state index is 0.0692. The Morgan fingerprint density at radius 3 is 2.79 bits per heavy atom. The molecule has 1 aromatic rings. The van der Waals surface area contributed by atoms with Crippen molar-refractivity contribution < 1.29 is 9.35 Å². The number of pyridine rings is 1. The number of nitrogens with one attached hydrogen (secondary N) is 1. The number of hydrogen-bond acceptors (Lipinski definition) is 4. The van der Waals surface area contributed by atoms with Gasteiger partial charge < -0.3 is 19.7 Å². The number of nitrogens with zero attached hydrogens (tertiary/aromatic N) is 3.